The zero-order valence-corrected chi connectivity index (χ0v) is 8.62. The van der Waals surface area contributed by atoms with Gasteiger partial charge in [0.25, 0.3) is 0 Å². The summed E-state index contributed by atoms with van der Waals surface area (Å²) in [6.07, 6.45) is 1.48. The monoisotopic (exact) mass is 209 g/mol. The molecule has 2 rings (SSSR count). The molecule has 1 aromatic heterocycles. The second-order valence-electron chi connectivity index (χ2n) is 3.20. The summed E-state index contributed by atoms with van der Waals surface area (Å²) in [6, 6.07) is 1.25. The number of hydrogen-bond acceptors (Lipinski definition) is 3. The van der Waals surface area contributed by atoms with Gasteiger partial charge in [0.05, 0.1) is 24.4 Å². The quantitative estimate of drug-likeness (QED) is 0.767. The van der Waals surface area contributed by atoms with Crippen molar-refractivity contribution in [3.8, 4) is 5.75 Å². The third-order valence-corrected chi connectivity index (χ3v) is 2.36. The summed E-state index contributed by atoms with van der Waals surface area (Å²) >= 11 is 0. The summed E-state index contributed by atoms with van der Waals surface area (Å²) in [5.41, 5.74) is 6.57. The normalized spacial score (nSPS) is 10.9. The third-order valence-electron chi connectivity index (χ3n) is 2.36. The van der Waals surface area contributed by atoms with Crippen molar-refractivity contribution in [2.45, 2.75) is 13.5 Å². The van der Waals surface area contributed by atoms with E-state index in [1.165, 1.54) is 19.4 Å². The highest BCUT2D eigenvalue weighted by atomic mass is 19.1. The zero-order chi connectivity index (χ0) is 11.0. The van der Waals surface area contributed by atoms with Crippen molar-refractivity contribution in [2.75, 3.05) is 12.8 Å². The highest BCUT2D eigenvalue weighted by molar-refractivity contribution is 5.90. The van der Waals surface area contributed by atoms with E-state index in [1.807, 2.05) is 6.92 Å². The number of anilines is 1. The highest BCUT2D eigenvalue weighted by Crippen LogP contribution is 2.33. The number of fused-ring (bicyclic) bond motifs is 1. The summed E-state index contributed by atoms with van der Waals surface area (Å²) in [6.45, 7) is 2.57. The number of nitrogens with zero attached hydrogens (tertiary/aromatic N) is 2. The third kappa shape index (κ3) is 1.31. The van der Waals surface area contributed by atoms with E-state index in [4.69, 9.17) is 10.5 Å². The van der Waals surface area contributed by atoms with Crippen LogP contribution in [0.3, 0.4) is 0 Å². The van der Waals surface area contributed by atoms with Gasteiger partial charge in [-0.1, -0.05) is 0 Å². The summed E-state index contributed by atoms with van der Waals surface area (Å²) in [4.78, 5) is 0. The van der Waals surface area contributed by atoms with Crippen LogP contribution < -0.4 is 10.5 Å². The molecule has 0 radical (unpaired) electrons. The molecule has 4 nitrogen and oxygen atoms in total. The van der Waals surface area contributed by atoms with Gasteiger partial charge in [0.2, 0.25) is 0 Å². The lowest BCUT2D eigenvalue weighted by molar-refractivity contribution is 0.418. The van der Waals surface area contributed by atoms with Crippen molar-refractivity contribution in [1.29, 1.82) is 0 Å². The molecular formula is C10H12FN3O. The first kappa shape index (κ1) is 9.76. The molecule has 0 bridgehead atoms. The maximum absolute atomic E-state index is 13.5. The Bertz CT molecular complexity index is 507. The predicted octanol–water partition coefficient (Wildman–Crippen LogP) is 1.79. The molecule has 0 unspecified atom stereocenters. The van der Waals surface area contributed by atoms with Crippen molar-refractivity contribution in [2.24, 2.45) is 0 Å². The van der Waals surface area contributed by atoms with E-state index < -0.39 is 0 Å². The van der Waals surface area contributed by atoms with Crippen molar-refractivity contribution >= 4 is 16.6 Å². The van der Waals surface area contributed by atoms with E-state index in [0.29, 0.717) is 23.2 Å². The summed E-state index contributed by atoms with van der Waals surface area (Å²) < 4.78 is 20.3. The van der Waals surface area contributed by atoms with Crippen LogP contribution in [0.5, 0.6) is 5.75 Å². The summed E-state index contributed by atoms with van der Waals surface area (Å²) in [7, 11) is 1.51. The fourth-order valence-corrected chi connectivity index (χ4v) is 1.67. The van der Waals surface area contributed by atoms with E-state index in [9.17, 15) is 4.39 Å². The van der Waals surface area contributed by atoms with Gasteiger partial charge >= 0.3 is 0 Å². The number of aryl methyl sites for hydroxylation is 1. The molecule has 0 atom stereocenters. The van der Waals surface area contributed by atoms with Crippen molar-refractivity contribution in [1.82, 2.24) is 9.78 Å². The SMILES string of the molecule is CCn1ncc2c(F)cc(N)c(OC)c21. The van der Waals surface area contributed by atoms with Gasteiger partial charge < -0.3 is 10.5 Å². The Labute approximate surface area is 86.4 Å². The van der Waals surface area contributed by atoms with Crippen LogP contribution in [-0.2, 0) is 6.54 Å². The average molecular weight is 209 g/mol. The molecule has 0 spiro atoms. The first-order valence-corrected chi connectivity index (χ1v) is 4.66. The second-order valence-corrected chi connectivity index (χ2v) is 3.20. The van der Waals surface area contributed by atoms with Gasteiger partial charge in [-0.05, 0) is 6.92 Å². The molecule has 0 fully saturated rings. The summed E-state index contributed by atoms with van der Waals surface area (Å²) in [5, 5.41) is 4.50. The van der Waals surface area contributed by atoms with E-state index in [0.717, 1.165) is 0 Å². The van der Waals surface area contributed by atoms with Crippen LogP contribution in [0.25, 0.3) is 10.9 Å². The Morgan fingerprint density at radius 1 is 1.60 bits per heavy atom. The molecule has 80 valence electrons. The second kappa shape index (κ2) is 3.42. The van der Waals surface area contributed by atoms with Crippen molar-refractivity contribution in [3.63, 3.8) is 0 Å². The lowest BCUT2D eigenvalue weighted by Crippen LogP contribution is -2.01. The van der Waals surface area contributed by atoms with Gasteiger partial charge in [-0.2, -0.15) is 5.10 Å². The predicted molar refractivity (Wildman–Crippen MR) is 56.3 cm³/mol. The Balaban J connectivity index is 2.89. The Morgan fingerprint density at radius 2 is 2.33 bits per heavy atom. The van der Waals surface area contributed by atoms with Crippen LogP contribution in [0, 0.1) is 5.82 Å². The van der Waals surface area contributed by atoms with Crippen LogP contribution in [0.1, 0.15) is 6.92 Å². The van der Waals surface area contributed by atoms with Gasteiger partial charge in [0.15, 0.2) is 5.75 Å². The van der Waals surface area contributed by atoms with E-state index >= 15 is 0 Å². The minimum Gasteiger partial charge on any atom is -0.492 e. The molecule has 5 heteroatoms. The number of nitrogens with two attached hydrogens (primary N) is 1. The minimum atomic E-state index is -0.372. The molecule has 0 saturated heterocycles. The van der Waals surface area contributed by atoms with Crippen LogP contribution in [0.15, 0.2) is 12.3 Å². The number of ether oxygens (including phenoxy) is 1. The Morgan fingerprint density at radius 3 is 2.93 bits per heavy atom. The number of nitrogen functional groups attached to an aromatic ring is 1. The van der Waals surface area contributed by atoms with E-state index in [-0.39, 0.29) is 11.5 Å². The van der Waals surface area contributed by atoms with E-state index in [2.05, 4.69) is 5.10 Å². The lowest BCUT2D eigenvalue weighted by Gasteiger charge is -2.08. The first-order valence-electron chi connectivity index (χ1n) is 4.66. The number of rotatable bonds is 2. The number of aromatic nitrogens is 2. The lowest BCUT2D eigenvalue weighted by atomic mass is 10.2. The fourth-order valence-electron chi connectivity index (χ4n) is 1.67. The average Bonchev–Trinajstić information content (AvgIpc) is 2.62. The molecule has 1 heterocycles. The topological polar surface area (TPSA) is 53.1 Å². The molecule has 0 saturated carbocycles. The molecular weight excluding hydrogens is 197 g/mol. The van der Waals surface area contributed by atoms with Crippen molar-refractivity contribution < 1.29 is 9.13 Å². The van der Waals surface area contributed by atoms with Crippen molar-refractivity contribution in [3.05, 3.63) is 18.1 Å². The molecule has 2 N–H and O–H groups in total. The smallest absolute Gasteiger partial charge is 0.167 e. The van der Waals surface area contributed by atoms with Gasteiger partial charge in [-0.25, -0.2) is 4.39 Å². The van der Waals surface area contributed by atoms with Crippen LogP contribution in [0.2, 0.25) is 0 Å². The number of benzene rings is 1. The maximum atomic E-state index is 13.5. The Hall–Kier alpha value is -1.78. The summed E-state index contributed by atoms with van der Waals surface area (Å²) in [5.74, 6) is 0.105. The van der Waals surface area contributed by atoms with Crippen LogP contribution in [-0.4, -0.2) is 16.9 Å². The zero-order valence-electron chi connectivity index (χ0n) is 8.62. The standard InChI is InChI=1S/C10H12FN3O/c1-3-14-9-6(5-13-14)7(11)4-8(12)10(9)15-2/h4-5H,3,12H2,1-2H3. The molecule has 0 aliphatic rings. The van der Waals surface area contributed by atoms with Crippen LogP contribution in [0.4, 0.5) is 10.1 Å². The molecule has 15 heavy (non-hydrogen) atoms. The molecule has 1 aromatic carbocycles. The molecule has 0 aliphatic heterocycles. The van der Waals surface area contributed by atoms with Gasteiger partial charge in [-0.3, -0.25) is 4.68 Å². The maximum Gasteiger partial charge on any atom is 0.167 e. The van der Waals surface area contributed by atoms with E-state index in [1.54, 1.807) is 4.68 Å². The highest BCUT2D eigenvalue weighted by Gasteiger charge is 2.15. The molecule has 0 aliphatic carbocycles. The number of hydrogen-bond donors (Lipinski definition) is 1. The van der Waals surface area contributed by atoms with Crippen LogP contribution >= 0.6 is 0 Å². The first-order chi connectivity index (χ1) is 7.19. The molecule has 2 aromatic rings. The van der Waals surface area contributed by atoms with Gasteiger partial charge in [0.1, 0.15) is 11.3 Å². The number of methoxy groups -OCH3 is 1. The Kier molecular flexibility index (Phi) is 2.22. The fraction of sp³-hybridized carbons (Fsp3) is 0.300. The molecule has 0 amide bonds. The largest absolute Gasteiger partial charge is 0.492 e. The van der Waals surface area contributed by atoms with Gasteiger partial charge in [0, 0.05) is 12.6 Å². The minimum absolute atomic E-state index is 0.290. The van der Waals surface area contributed by atoms with Gasteiger partial charge in [-0.15, -0.1) is 0 Å². The number of halogens is 1.